The number of carbonyl (C=O) groups excluding carboxylic acids is 4. The number of aryl methyl sites for hydroxylation is 2. The minimum Gasteiger partial charge on any atom is -0.365 e. The average Bonchev–Trinajstić information content (AvgIpc) is 3.36. The highest BCUT2D eigenvalue weighted by Crippen LogP contribution is 2.38. The monoisotopic (exact) mass is 440 g/mol. The van der Waals surface area contributed by atoms with Crippen molar-refractivity contribution >= 4 is 40.1 Å². The molecule has 8 nitrogen and oxygen atoms in total. The van der Waals surface area contributed by atoms with E-state index in [4.69, 9.17) is 5.73 Å². The van der Waals surface area contributed by atoms with E-state index in [-0.39, 0.29) is 0 Å². The first kappa shape index (κ1) is 21.0. The van der Waals surface area contributed by atoms with E-state index in [1.807, 2.05) is 30.3 Å². The molecule has 1 atom stereocenters. The quantitative estimate of drug-likeness (QED) is 0.572. The van der Waals surface area contributed by atoms with Crippen LogP contribution in [0.15, 0.2) is 30.3 Å². The fourth-order valence-corrected chi connectivity index (χ4v) is 5.47. The Morgan fingerprint density at radius 1 is 1.23 bits per heavy atom. The number of nitrogens with two attached hydrogens (primary N) is 1. The van der Waals surface area contributed by atoms with E-state index >= 15 is 0 Å². The van der Waals surface area contributed by atoms with Crippen molar-refractivity contribution in [1.29, 1.82) is 0 Å². The zero-order chi connectivity index (χ0) is 22.2. The number of benzene rings is 1. The Morgan fingerprint density at radius 2 is 1.97 bits per heavy atom. The maximum atomic E-state index is 12.9. The molecule has 162 valence electrons. The Labute approximate surface area is 183 Å². The molecular weight excluding hydrogens is 416 g/mol. The second-order valence-electron chi connectivity index (χ2n) is 8.11. The number of primary amides is 1. The summed E-state index contributed by atoms with van der Waals surface area (Å²) in [6.45, 7) is 1.25. The Balaban J connectivity index is 1.42. The number of nitrogens with one attached hydrogen (secondary N) is 2. The molecule has 5 amide bonds. The molecule has 1 aromatic heterocycles. The minimum atomic E-state index is -1.07. The zero-order valence-electron chi connectivity index (χ0n) is 17.2. The summed E-state index contributed by atoms with van der Waals surface area (Å²) in [5.74, 6) is -1.57. The molecule has 4 N–H and O–H groups in total. The van der Waals surface area contributed by atoms with Gasteiger partial charge >= 0.3 is 6.03 Å². The van der Waals surface area contributed by atoms with Gasteiger partial charge in [-0.1, -0.05) is 30.3 Å². The van der Waals surface area contributed by atoms with Crippen molar-refractivity contribution in [2.75, 3.05) is 11.9 Å². The van der Waals surface area contributed by atoms with Crippen LogP contribution in [0.2, 0.25) is 0 Å². The van der Waals surface area contributed by atoms with E-state index < -0.39 is 35.8 Å². The second-order valence-corrected chi connectivity index (χ2v) is 9.22. The van der Waals surface area contributed by atoms with Gasteiger partial charge < -0.3 is 16.4 Å². The van der Waals surface area contributed by atoms with Gasteiger partial charge in [0.2, 0.25) is 5.91 Å². The molecule has 2 heterocycles. The van der Waals surface area contributed by atoms with Crippen LogP contribution in [-0.4, -0.2) is 40.7 Å². The lowest BCUT2D eigenvalue weighted by molar-refractivity contribution is -0.133. The molecule has 0 saturated carbocycles. The summed E-state index contributed by atoms with van der Waals surface area (Å²) in [5.41, 5.74) is 6.75. The third-order valence-corrected chi connectivity index (χ3v) is 7.03. The number of urea groups is 1. The standard InChI is InChI=1S/C22H24N4O4S/c1-22(11-10-13-6-3-2-4-7-13)20(29)26(21(30)25-22)12-16(27)24-19-17(18(23)28)14-8-5-9-15(14)31-19/h2-4,6-7H,5,8-12H2,1H3,(H2,23,28)(H,24,27)(H,25,30). The van der Waals surface area contributed by atoms with Gasteiger partial charge in [0.15, 0.2) is 0 Å². The van der Waals surface area contributed by atoms with Crippen molar-refractivity contribution < 1.29 is 19.2 Å². The number of amides is 5. The lowest BCUT2D eigenvalue weighted by Gasteiger charge is -2.21. The van der Waals surface area contributed by atoms with E-state index in [1.54, 1.807) is 6.92 Å². The molecule has 2 aromatic rings. The predicted octanol–water partition coefficient (Wildman–Crippen LogP) is 2.22. The summed E-state index contributed by atoms with van der Waals surface area (Å²) in [5, 5.41) is 5.79. The molecule has 1 unspecified atom stereocenters. The number of thiophene rings is 1. The van der Waals surface area contributed by atoms with E-state index in [1.165, 1.54) is 11.3 Å². The molecule has 2 aliphatic rings. The van der Waals surface area contributed by atoms with Gasteiger partial charge in [-0.2, -0.15) is 0 Å². The molecule has 1 aromatic carbocycles. The normalized spacial score (nSPS) is 20.0. The van der Waals surface area contributed by atoms with Gasteiger partial charge in [-0.3, -0.25) is 19.3 Å². The van der Waals surface area contributed by atoms with Crippen molar-refractivity contribution in [3.8, 4) is 0 Å². The van der Waals surface area contributed by atoms with Crippen LogP contribution in [0.1, 0.15) is 46.1 Å². The first-order valence-electron chi connectivity index (χ1n) is 10.2. The van der Waals surface area contributed by atoms with Gasteiger partial charge in [-0.25, -0.2) is 4.79 Å². The van der Waals surface area contributed by atoms with Gasteiger partial charge in [0.25, 0.3) is 11.8 Å². The van der Waals surface area contributed by atoms with Crippen LogP contribution in [0, 0.1) is 0 Å². The molecule has 1 aliphatic heterocycles. The van der Waals surface area contributed by atoms with E-state index in [0.717, 1.165) is 40.2 Å². The third kappa shape index (κ3) is 4.05. The van der Waals surface area contributed by atoms with Crippen molar-refractivity contribution in [2.24, 2.45) is 5.73 Å². The summed E-state index contributed by atoms with van der Waals surface area (Å²) in [6.07, 6.45) is 3.60. The Kier molecular flexibility index (Phi) is 5.53. The van der Waals surface area contributed by atoms with Crippen LogP contribution in [0.25, 0.3) is 0 Å². The van der Waals surface area contributed by atoms with E-state index in [9.17, 15) is 19.2 Å². The molecule has 1 saturated heterocycles. The number of anilines is 1. The molecule has 0 spiro atoms. The van der Waals surface area contributed by atoms with Crippen LogP contribution in [0.3, 0.4) is 0 Å². The molecule has 4 rings (SSSR count). The van der Waals surface area contributed by atoms with Crippen LogP contribution in [0.4, 0.5) is 9.80 Å². The van der Waals surface area contributed by atoms with Crippen LogP contribution in [-0.2, 0) is 28.9 Å². The highest BCUT2D eigenvalue weighted by Gasteiger charge is 2.47. The number of fused-ring (bicyclic) bond motifs is 1. The maximum Gasteiger partial charge on any atom is 0.325 e. The first-order valence-corrected chi connectivity index (χ1v) is 11.0. The number of nitrogens with zero attached hydrogens (tertiary/aromatic N) is 1. The smallest absolute Gasteiger partial charge is 0.325 e. The van der Waals surface area contributed by atoms with Gasteiger partial charge in [0.1, 0.15) is 17.1 Å². The maximum absolute atomic E-state index is 12.9. The fraction of sp³-hybridized carbons (Fsp3) is 0.364. The zero-order valence-corrected chi connectivity index (χ0v) is 18.0. The van der Waals surface area contributed by atoms with Crippen molar-refractivity contribution in [1.82, 2.24) is 10.2 Å². The van der Waals surface area contributed by atoms with E-state index in [2.05, 4.69) is 10.6 Å². The first-order chi connectivity index (χ1) is 14.8. The molecule has 9 heteroatoms. The SMILES string of the molecule is CC1(CCc2ccccc2)NC(=O)N(CC(=O)Nc2sc3c(c2C(N)=O)CCC3)C1=O. The Hall–Kier alpha value is -3.20. The summed E-state index contributed by atoms with van der Waals surface area (Å²) >= 11 is 1.33. The summed E-state index contributed by atoms with van der Waals surface area (Å²) in [7, 11) is 0. The largest absolute Gasteiger partial charge is 0.365 e. The van der Waals surface area contributed by atoms with Gasteiger partial charge in [-0.15, -0.1) is 11.3 Å². The molecule has 0 radical (unpaired) electrons. The molecule has 0 bridgehead atoms. The lowest BCUT2D eigenvalue weighted by Crippen LogP contribution is -2.45. The molecule has 1 aliphatic carbocycles. The minimum absolute atomic E-state index is 0.343. The second kappa shape index (κ2) is 8.14. The van der Waals surface area contributed by atoms with E-state index in [0.29, 0.717) is 23.4 Å². The number of imide groups is 1. The average molecular weight is 441 g/mol. The highest BCUT2D eigenvalue weighted by atomic mass is 32.1. The molecular formula is C22H24N4O4S. The van der Waals surface area contributed by atoms with Gasteiger partial charge in [0.05, 0.1) is 5.56 Å². The predicted molar refractivity (Wildman–Crippen MR) is 117 cm³/mol. The highest BCUT2D eigenvalue weighted by molar-refractivity contribution is 7.17. The number of hydrogen-bond donors (Lipinski definition) is 3. The topological polar surface area (TPSA) is 122 Å². The number of rotatable bonds is 7. The number of carbonyl (C=O) groups is 4. The third-order valence-electron chi connectivity index (χ3n) is 5.82. The fourth-order valence-electron chi connectivity index (χ4n) is 4.16. The Bertz CT molecular complexity index is 1060. The van der Waals surface area contributed by atoms with Crippen LogP contribution in [0.5, 0.6) is 0 Å². The van der Waals surface area contributed by atoms with Crippen molar-refractivity contribution in [2.45, 2.75) is 44.6 Å². The summed E-state index contributed by atoms with van der Waals surface area (Å²) in [6, 6.07) is 9.09. The molecule has 1 fully saturated rings. The number of hydrogen-bond acceptors (Lipinski definition) is 5. The van der Waals surface area contributed by atoms with Gasteiger partial charge in [-0.05, 0) is 50.2 Å². The summed E-state index contributed by atoms with van der Waals surface area (Å²) in [4.78, 5) is 51.8. The lowest BCUT2D eigenvalue weighted by atomic mass is 9.93. The summed E-state index contributed by atoms with van der Waals surface area (Å²) < 4.78 is 0. The van der Waals surface area contributed by atoms with Crippen LogP contribution >= 0.6 is 11.3 Å². The Morgan fingerprint density at radius 3 is 2.68 bits per heavy atom. The van der Waals surface area contributed by atoms with Crippen LogP contribution < -0.4 is 16.4 Å². The van der Waals surface area contributed by atoms with Crippen molar-refractivity contribution in [3.05, 3.63) is 51.9 Å². The van der Waals surface area contributed by atoms with Gasteiger partial charge in [0, 0.05) is 4.88 Å². The van der Waals surface area contributed by atoms with Crippen molar-refractivity contribution in [3.63, 3.8) is 0 Å². The molecule has 31 heavy (non-hydrogen) atoms.